The lowest BCUT2D eigenvalue weighted by Gasteiger charge is -2.36. The molecule has 32 heavy (non-hydrogen) atoms. The highest BCUT2D eigenvalue weighted by Gasteiger charge is 2.37. The number of carbonyl (C=O) groups excluding carboxylic acids is 2. The Bertz CT molecular complexity index is 1050. The zero-order valence-electron chi connectivity index (χ0n) is 17.9. The van der Waals surface area contributed by atoms with Crippen molar-refractivity contribution >= 4 is 17.6 Å². The van der Waals surface area contributed by atoms with Crippen LogP contribution in [0.15, 0.2) is 59.8 Å². The minimum absolute atomic E-state index is 0.156. The van der Waals surface area contributed by atoms with Gasteiger partial charge in [-0.15, -0.1) is 0 Å². The topological polar surface area (TPSA) is 70.7 Å². The predicted molar refractivity (Wildman–Crippen MR) is 114 cm³/mol. The Morgan fingerprint density at radius 2 is 1.88 bits per heavy atom. The largest absolute Gasteiger partial charge is 0.418 e. The van der Waals surface area contributed by atoms with Crippen molar-refractivity contribution < 1.29 is 27.5 Å². The first-order valence-electron chi connectivity index (χ1n) is 9.95. The van der Waals surface area contributed by atoms with Crippen LogP contribution in [-0.4, -0.2) is 37.1 Å². The van der Waals surface area contributed by atoms with Gasteiger partial charge in [0.2, 0.25) is 0 Å². The monoisotopic (exact) mass is 447 g/mol. The highest BCUT2D eigenvalue weighted by atomic mass is 19.4. The van der Waals surface area contributed by atoms with Crippen molar-refractivity contribution in [3.8, 4) is 0 Å². The maximum atomic E-state index is 13.4. The van der Waals surface area contributed by atoms with Gasteiger partial charge in [0.1, 0.15) is 0 Å². The van der Waals surface area contributed by atoms with Crippen LogP contribution in [0.25, 0.3) is 0 Å². The molecule has 1 heterocycles. The predicted octanol–water partition coefficient (Wildman–Crippen LogP) is 4.64. The summed E-state index contributed by atoms with van der Waals surface area (Å²) in [6.07, 6.45) is -4.63. The van der Waals surface area contributed by atoms with Gasteiger partial charge >= 0.3 is 12.2 Å². The summed E-state index contributed by atoms with van der Waals surface area (Å²) in [5.41, 5.74) is 0.766. The molecule has 3 rings (SSSR count). The number of urea groups is 1. The van der Waals surface area contributed by atoms with E-state index in [1.165, 1.54) is 30.2 Å². The van der Waals surface area contributed by atoms with Gasteiger partial charge in [-0.05, 0) is 31.5 Å². The van der Waals surface area contributed by atoms with Crippen molar-refractivity contribution in [2.45, 2.75) is 26.1 Å². The molecule has 2 N–H and O–H groups in total. The van der Waals surface area contributed by atoms with Gasteiger partial charge in [0, 0.05) is 12.8 Å². The zero-order chi connectivity index (χ0) is 23.5. The van der Waals surface area contributed by atoms with Gasteiger partial charge in [-0.25, -0.2) is 4.79 Å². The standard InChI is InChI=1S/C23H24F3N3O3/c1-14-7-6-8-16(13-14)20-19(15(2)29(11-12-32-3)22(31)28-20)21(30)27-18-10-5-4-9-17(18)23(24,25)26/h4-10,13,20H,11-12H2,1-3H3,(H,27,30)(H,28,31). The SMILES string of the molecule is COCCN1C(=O)NC(c2cccc(C)c2)C(C(=O)Nc2ccccc2C(F)(F)F)=C1C. The highest BCUT2D eigenvalue weighted by Crippen LogP contribution is 2.36. The summed E-state index contributed by atoms with van der Waals surface area (Å²) in [4.78, 5) is 27.4. The summed E-state index contributed by atoms with van der Waals surface area (Å²) in [5.74, 6) is -0.729. The van der Waals surface area contributed by atoms with Crippen molar-refractivity contribution in [3.63, 3.8) is 0 Å². The van der Waals surface area contributed by atoms with E-state index >= 15 is 0 Å². The van der Waals surface area contributed by atoms with Crippen LogP contribution in [-0.2, 0) is 15.7 Å². The summed E-state index contributed by atoms with van der Waals surface area (Å²) in [6.45, 7) is 3.88. The van der Waals surface area contributed by atoms with Crippen LogP contribution in [0.5, 0.6) is 0 Å². The summed E-state index contributed by atoms with van der Waals surface area (Å²) >= 11 is 0. The minimum atomic E-state index is -4.63. The third-order valence-corrected chi connectivity index (χ3v) is 5.22. The van der Waals surface area contributed by atoms with Crippen LogP contribution < -0.4 is 10.6 Å². The van der Waals surface area contributed by atoms with Crippen LogP contribution in [0.2, 0.25) is 0 Å². The average molecular weight is 447 g/mol. The molecule has 0 aromatic heterocycles. The number of para-hydroxylation sites is 1. The van der Waals surface area contributed by atoms with Gasteiger partial charge in [0.15, 0.2) is 0 Å². The van der Waals surface area contributed by atoms with E-state index in [1.807, 2.05) is 19.1 Å². The molecule has 1 aliphatic heterocycles. The Kier molecular flexibility index (Phi) is 6.88. The van der Waals surface area contributed by atoms with Crippen molar-refractivity contribution in [2.24, 2.45) is 0 Å². The van der Waals surface area contributed by atoms with Crippen molar-refractivity contribution in [2.75, 3.05) is 25.6 Å². The fourth-order valence-corrected chi connectivity index (χ4v) is 3.66. The van der Waals surface area contributed by atoms with Crippen LogP contribution in [0, 0.1) is 6.92 Å². The first-order valence-corrected chi connectivity index (χ1v) is 9.95. The number of methoxy groups -OCH3 is 1. The maximum Gasteiger partial charge on any atom is 0.418 e. The molecule has 0 bridgehead atoms. The summed E-state index contributed by atoms with van der Waals surface area (Å²) < 4.78 is 45.3. The van der Waals surface area contributed by atoms with Gasteiger partial charge in [-0.1, -0.05) is 42.0 Å². The molecule has 2 aromatic rings. The van der Waals surface area contributed by atoms with E-state index in [0.717, 1.165) is 11.6 Å². The lowest BCUT2D eigenvalue weighted by atomic mass is 9.93. The van der Waals surface area contributed by atoms with E-state index < -0.39 is 29.7 Å². The van der Waals surface area contributed by atoms with E-state index in [2.05, 4.69) is 10.6 Å². The van der Waals surface area contributed by atoms with Gasteiger partial charge in [0.25, 0.3) is 5.91 Å². The van der Waals surface area contributed by atoms with Gasteiger partial charge in [-0.3, -0.25) is 9.69 Å². The average Bonchev–Trinajstić information content (AvgIpc) is 2.72. The number of hydrogen-bond donors (Lipinski definition) is 2. The summed E-state index contributed by atoms with van der Waals surface area (Å²) in [5, 5.41) is 5.20. The quantitative estimate of drug-likeness (QED) is 0.678. The number of ether oxygens (including phenoxy) is 1. The number of nitrogens with one attached hydrogen (secondary N) is 2. The van der Waals surface area contributed by atoms with E-state index in [0.29, 0.717) is 11.3 Å². The molecule has 0 aliphatic carbocycles. The van der Waals surface area contributed by atoms with E-state index in [9.17, 15) is 22.8 Å². The number of amides is 3. The normalized spacial score (nSPS) is 16.8. The molecule has 3 amide bonds. The lowest BCUT2D eigenvalue weighted by Crippen LogP contribution is -2.49. The molecule has 1 aliphatic rings. The first-order chi connectivity index (χ1) is 15.1. The number of aryl methyl sites for hydroxylation is 1. The van der Waals surface area contributed by atoms with Crippen LogP contribution in [0.1, 0.15) is 29.7 Å². The maximum absolute atomic E-state index is 13.4. The number of benzene rings is 2. The van der Waals surface area contributed by atoms with Crippen LogP contribution in [0.4, 0.5) is 23.7 Å². The van der Waals surface area contributed by atoms with Crippen LogP contribution >= 0.6 is 0 Å². The molecule has 9 heteroatoms. The molecule has 6 nitrogen and oxygen atoms in total. The molecule has 1 unspecified atom stereocenters. The number of carbonyl (C=O) groups is 2. The second-order valence-corrected chi connectivity index (χ2v) is 7.44. The van der Waals surface area contributed by atoms with Gasteiger partial charge < -0.3 is 15.4 Å². The Labute approximate surface area is 184 Å². The highest BCUT2D eigenvalue weighted by molar-refractivity contribution is 6.07. The molecule has 2 aromatic carbocycles. The third-order valence-electron chi connectivity index (χ3n) is 5.22. The number of allylic oxidation sites excluding steroid dienone is 1. The van der Waals surface area contributed by atoms with E-state index in [-0.39, 0.29) is 24.4 Å². The third kappa shape index (κ3) is 4.94. The number of alkyl halides is 3. The lowest BCUT2D eigenvalue weighted by molar-refractivity contribution is -0.137. The molecule has 0 saturated heterocycles. The molecule has 0 spiro atoms. The van der Waals surface area contributed by atoms with Gasteiger partial charge in [-0.2, -0.15) is 13.2 Å². The van der Waals surface area contributed by atoms with Gasteiger partial charge in [0.05, 0.1) is 36.0 Å². The van der Waals surface area contributed by atoms with Crippen molar-refractivity contribution in [1.29, 1.82) is 0 Å². The molecule has 0 fully saturated rings. The Hall–Kier alpha value is -3.33. The van der Waals surface area contributed by atoms with Crippen molar-refractivity contribution in [1.82, 2.24) is 10.2 Å². The smallest absolute Gasteiger partial charge is 0.383 e. The number of nitrogens with zero attached hydrogens (tertiary/aromatic N) is 1. The zero-order valence-corrected chi connectivity index (χ0v) is 17.9. The molecule has 0 radical (unpaired) electrons. The second-order valence-electron chi connectivity index (χ2n) is 7.44. The molecule has 0 saturated carbocycles. The Morgan fingerprint density at radius 3 is 2.53 bits per heavy atom. The molecule has 1 atom stereocenters. The van der Waals surface area contributed by atoms with E-state index in [1.54, 1.807) is 19.1 Å². The second kappa shape index (κ2) is 9.44. The Balaban J connectivity index is 2.06. The number of halogens is 3. The number of anilines is 1. The first kappa shape index (κ1) is 23.3. The Morgan fingerprint density at radius 1 is 1.16 bits per heavy atom. The fraction of sp³-hybridized carbons (Fsp3) is 0.304. The number of hydrogen-bond acceptors (Lipinski definition) is 3. The van der Waals surface area contributed by atoms with Crippen LogP contribution in [0.3, 0.4) is 0 Å². The molecular weight excluding hydrogens is 423 g/mol. The summed E-state index contributed by atoms with van der Waals surface area (Å²) in [7, 11) is 1.48. The fourth-order valence-electron chi connectivity index (χ4n) is 3.66. The summed E-state index contributed by atoms with van der Waals surface area (Å²) in [6, 6.07) is 10.8. The minimum Gasteiger partial charge on any atom is -0.383 e. The molecule has 170 valence electrons. The number of rotatable bonds is 6. The van der Waals surface area contributed by atoms with Crippen molar-refractivity contribution in [3.05, 3.63) is 76.5 Å². The van der Waals surface area contributed by atoms with E-state index in [4.69, 9.17) is 4.74 Å². The molecular formula is C23H24F3N3O3.